The van der Waals surface area contributed by atoms with Gasteiger partial charge in [0, 0.05) is 13.1 Å². The molecule has 1 aliphatic rings. The van der Waals surface area contributed by atoms with Crippen LogP contribution >= 0.6 is 22.7 Å². The first kappa shape index (κ1) is 18.3. The van der Waals surface area contributed by atoms with Gasteiger partial charge < -0.3 is 15.0 Å². The number of ether oxygens (including phenoxy) is 1. The molecule has 5 rings (SSSR count). The smallest absolute Gasteiger partial charge is 0.231 e. The Bertz CT molecular complexity index is 1150. The summed E-state index contributed by atoms with van der Waals surface area (Å²) in [5.74, 6) is 0.799. The lowest BCUT2D eigenvalue weighted by Crippen LogP contribution is -2.40. The van der Waals surface area contributed by atoms with E-state index < -0.39 is 0 Å². The number of fused-ring (bicyclic) bond motifs is 2. The first-order valence-electron chi connectivity index (χ1n) is 9.55. The van der Waals surface area contributed by atoms with Crippen LogP contribution in [0.25, 0.3) is 20.4 Å². The molecule has 2 aromatic carbocycles. The number of hydrogen-bond acceptors (Lipinski definition) is 7. The lowest BCUT2D eigenvalue weighted by molar-refractivity contribution is -0.120. The third kappa shape index (κ3) is 3.65. The minimum Gasteiger partial charge on any atom is -0.497 e. The van der Waals surface area contributed by atoms with Crippen LogP contribution in [0.1, 0.15) is 12.8 Å². The molecule has 4 aromatic rings. The van der Waals surface area contributed by atoms with Gasteiger partial charge in [0.2, 0.25) is 5.91 Å². The van der Waals surface area contributed by atoms with Crippen molar-refractivity contribution in [3.8, 4) is 5.75 Å². The van der Waals surface area contributed by atoms with E-state index in [-0.39, 0.29) is 11.8 Å². The predicted molar refractivity (Wildman–Crippen MR) is 119 cm³/mol. The average Bonchev–Trinajstić information content (AvgIpc) is 3.36. The Hall–Kier alpha value is -2.71. The number of carbonyl (C=O) groups excluding carboxylic acids is 1. The van der Waals surface area contributed by atoms with E-state index in [1.807, 2.05) is 42.5 Å². The first-order chi connectivity index (χ1) is 14.2. The number of rotatable bonds is 4. The van der Waals surface area contributed by atoms with Crippen molar-refractivity contribution in [2.24, 2.45) is 5.92 Å². The fourth-order valence-electron chi connectivity index (χ4n) is 3.65. The standard InChI is InChI=1S/C21H20N4O2S2/c1-27-14-8-9-16-18(11-14)29-21(23-16)25-10-4-5-13(12-25)19(26)24-20-22-15-6-2-3-7-17(15)28-20/h2-3,6-9,11,13H,4-5,10,12H2,1H3,(H,22,24,26). The Labute approximate surface area is 176 Å². The van der Waals surface area contributed by atoms with Crippen molar-refractivity contribution in [1.82, 2.24) is 9.97 Å². The van der Waals surface area contributed by atoms with Crippen LogP contribution in [0.3, 0.4) is 0 Å². The molecule has 1 N–H and O–H groups in total. The minimum absolute atomic E-state index is 0.0385. The number of anilines is 2. The molecule has 8 heteroatoms. The molecule has 1 unspecified atom stereocenters. The van der Waals surface area contributed by atoms with Crippen LogP contribution in [0.4, 0.5) is 10.3 Å². The van der Waals surface area contributed by atoms with Gasteiger partial charge in [0.1, 0.15) is 5.75 Å². The molecule has 0 spiro atoms. The quantitative estimate of drug-likeness (QED) is 0.511. The second-order valence-corrected chi connectivity index (χ2v) is 9.13. The Morgan fingerprint density at radius 3 is 2.86 bits per heavy atom. The molecule has 1 amide bonds. The van der Waals surface area contributed by atoms with Gasteiger partial charge in [0.25, 0.3) is 0 Å². The zero-order valence-corrected chi connectivity index (χ0v) is 17.6. The Balaban J connectivity index is 1.31. The number of nitrogens with zero attached hydrogens (tertiary/aromatic N) is 3. The topological polar surface area (TPSA) is 67.3 Å². The number of benzene rings is 2. The maximum atomic E-state index is 12.9. The van der Waals surface area contributed by atoms with Crippen molar-refractivity contribution in [1.29, 1.82) is 0 Å². The Morgan fingerprint density at radius 2 is 2.00 bits per heavy atom. The predicted octanol–water partition coefficient (Wildman–Crippen LogP) is 4.77. The van der Waals surface area contributed by atoms with Crippen LogP contribution in [0.5, 0.6) is 5.75 Å². The van der Waals surface area contributed by atoms with E-state index in [2.05, 4.69) is 15.2 Å². The Morgan fingerprint density at radius 1 is 1.14 bits per heavy atom. The second kappa shape index (κ2) is 7.61. The van der Waals surface area contributed by atoms with Crippen LogP contribution < -0.4 is 15.0 Å². The van der Waals surface area contributed by atoms with E-state index in [0.29, 0.717) is 11.7 Å². The zero-order valence-electron chi connectivity index (χ0n) is 15.9. The molecular formula is C21H20N4O2S2. The summed E-state index contributed by atoms with van der Waals surface area (Å²) in [5.41, 5.74) is 1.88. The van der Waals surface area contributed by atoms with Gasteiger partial charge in [-0.2, -0.15) is 0 Å². The van der Waals surface area contributed by atoms with Crippen molar-refractivity contribution in [2.45, 2.75) is 12.8 Å². The molecule has 0 saturated carbocycles. The summed E-state index contributed by atoms with van der Waals surface area (Å²) >= 11 is 3.16. The van der Waals surface area contributed by atoms with Gasteiger partial charge in [-0.1, -0.05) is 34.8 Å². The molecule has 0 aliphatic carbocycles. The van der Waals surface area contributed by atoms with E-state index >= 15 is 0 Å². The number of nitrogens with one attached hydrogen (secondary N) is 1. The number of para-hydroxylation sites is 1. The summed E-state index contributed by atoms with van der Waals surface area (Å²) in [7, 11) is 1.67. The highest BCUT2D eigenvalue weighted by Gasteiger charge is 2.28. The van der Waals surface area contributed by atoms with E-state index in [1.54, 1.807) is 18.4 Å². The fraction of sp³-hybridized carbons (Fsp3) is 0.286. The summed E-state index contributed by atoms with van der Waals surface area (Å²) in [6.07, 6.45) is 1.85. The largest absolute Gasteiger partial charge is 0.497 e. The van der Waals surface area contributed by atoms with Crippen LogP contribution in [0, 0.1) is 5.92 Å². The maximum absolute atomic E-state index is 12.9. The van der Waals surface area contributed by atoms with E-state index in [1.165, 1.54) is 11.3 Å². The van der Waals surface area contributed by atoms with E-state index in [0.717, 1.165) is 50.7 Å². The lowest BCUT2D eigenvalue weighted by atomic mass is 9.97. The summed E-state index contributed by atoms with van der Waals surface area (Å²) in [5, 5.41) is 4.65. The summed E-state index contributed by atoms with van der Waals surface area (Å²) in [6.45, 7) is 1.59. The van der Waals surface area contributed by atoms with Crippen molar-refractivity contribution >= 4 is 59.3 Å². The molecule has 1 fully saturated rings. The van der Waals surface area contributed by atoms with Crippen LogP contribution in [-0.4, -0.2) is 36.1 Å². The van der Waals surface area contributed by atoms with Gasteiger partial charge in [0.05, 0.1) is 33.5 Å². The van der Waals surface area contributed by atoms with Crippen molar-refractivity contribution < 1.29 is 9.53 Å². The monoisotopic (exact) mass is 424 g/mol. The number of carbonyl (C=O) groups is 1. The molecule has 1 atom stereocenters. The van der Waals surface area contributed by atoms with Crippen molar-refractivity contribution in [2.75, 3.05) is 30.4 Å². The average molecular weight is 425 g/mol. The summed E-state index contributed by atoms with van der Waals surface area (Å²) in [6, 6.07) is 13.8. The molecule has 148 valence electrons. The zero-order chi connectivity index (χ0) is 19.8. The lowest BCUT2D eigenvalue weighted by Gasteiger charge is -2.31. The third-order valence-electron chi connectivity index (χ3n) is 5.17. The van der Waals surface area contributed by atoms with Gasteiger partial charge in [-0.15, -0.1) is 0 Å². The first-order valence-corrected chi connectivity index (χ1v) is 11.2. The maximum Gasteiger partial charge on any atom is 0.231 e. The molecule has 29 heavy (non-hydrogen) atoms. The van der Waals surface area contributed by atoms with Gasteiger partial charge in [-0.25, -0.2) is 9.97 Å². The highest BCUT2D eigenvalue weighted by Crippen LogP contribution is 2.34. The van der Waals surface area contributed by atoms with Crippen LogP contribution in [-0.2, 0) is 4.79 Å². The van der Waals surface area contributed by atoms with E-state index in [4.69, 9.17) is 9.72 Å². The number of piperidine rings is 1. The van der Waals surface area contributed by atoms with Crippen LogP contribution in [0.2, 0.25) is 0 Å². The van der Waals surface area contributed by atoms with Gasteiger partial charge in [0.15, 0.2) is 10.3 Å². The molecule has 0 bridgehead atoms. The van der Waals surface area contributed by atoms with Gasteiger partial charge in [-0.3, -0.25) is 4.79 Å². The number of hydrogen-bond donors (Lipinski definition) is 1. The molecule has 0 radical (unpaired) electrons. The SMILES string of the molecule is COc1ccc2nc(N3CCCC(C(=O)Nc4nc5ccccc5s4)C3)sc2c1. The highest BCUT2D eigenvalue weighted by atomic mass is 32.1. The Kier molecular flexibility index (Phi) is 4.81. The molecule has 3 heterocycles. The van der Waals surface area contributed by atoms with Gasteiger partial charge in [-0.05, 0) is 43.2 Å². The van der Waals surface area contributed by atoms with E-state index in [9.17, 15) is 4.79 Å². The minimum atomic E-state index is -0.0719. The molecule has 6 nitrogen and oxygen atoms in total. The number of aromatic nitrogens is 2. The number of methoxy groups -OCH3 is 1. The van der Waals surface area contributed by atoms with Crippen LogP contribution in [0.15, 0.2) is 42.5 Å². The normalized spacial score (nSPS) is 17.0. The summed E-state index contributed by atoms with van der Waals surface area (Å²) in [4.78, 5) is 24.4. The number of amides is 1. The molecule has 1 saturated heterocycles. The molecular weight excluding hydrogens is 404 g/mol. The highest BCUT2D eigenvalue weighted by molar-refractivity contribution is 7.22. The molecule has 2 aromatic heterocycles. The number of thiazole rings is 2. The third-order valence-corrected chi connectivity index (χ3v) is 7.20. The second-order valence-electron chi connectivity index (χ2n) is 7.09. The fourth-order valence-corrected chi connectivity index (χ4v) is 5.55. The summed E-state index contributed by atoms with van der Waals surface area (Å²) < 4.78 is 7.49. The van der Waals surface area contributed by atoms with Gasteiger partial charge >= 0.3 is 0 Å². The van der Waals surface area contributed by atoms with Crippen molar-refractivity contribution in [3.63, 3.8) is 0 Å². The van der Waals surface area contributed by atoms with Crippen molar-refractivity contribution in [3.05, 3.63) is 42.5 Å². The molecule has 1 aliphatic heterocycles.